The second-order valence-electron chi connectivity index (χ2n) is 7.80. The third-order valence-corrected chi connectivity index (χ3v) is 5.64. The Bertz CT molecular complexity index is 1080. The molecular formula is C22H23F3N4O2. The lowest BCUT2D eigenvalue weighted by Gasteiger charge is -2.31. The number of rotatable bonds is 4. The highest BCUT2D eigenvalue weighted by molar-refractivity contribution is 5.79. The third-order valence-electron chi connectivity index (χ3n) is 5.64. The molecule has 1 aliphatic heterocycles. The first-order valence-corrected chi connectivity index (χ1v) is 10.1. The monoisotopic (exact) mass is 432 g/mol. The molecule has 0 atom stereocenters. The molecule has 0 N–H and O–H groups in total. The second kappa shape index (κ2) is 8.20. The molecule has 2 aromatic heterocycles. The van der Waals surface area contributed by atoms with E-state index in [4.69, 9.17) is 4.74 Å². The fourth-order valence-electron chi connectivity index (χ4n) is 3.97. The van der Waals surface area contributed by atoms with Crippen molar-refractivity contribution in [2.24, 2.45) is 0 Å². The van der Waals surface area contributed by atoms with Gasteiger partial charge in [0.15, 0.2) is 5.65 Å². The van der Waals surface area contributed by atoms with Crippen LogP contribution >= 0.6 is 0 Å². The smallest absolute Gasteiger partial charge is 0.433 e. The van der Waals surface area contributed by atoms with Crippen molar-refractivity contribution in [2.45, 2.75) is 38.3 Å². The maximum Gasteiger partial charge on any atom is 0.433 e. The number of amides is 1. The van der Waals surface area contributed by atoms with Crippen LogP contribution in [0.15, 0.2) is 36.4 Å². The van der Waals surface area contributed by atoms with Crippen LogP contribution in [-0.2, 0) is 17.4 Å². The largest absolute Gasteiger partial charge is 0.497 e. The molecule has 3 aromatic rings. The molecule has 3 heterocycles. The van der Waals surface area contributed by atoms with Crippen molar-refractivity contribution in [1.29, 1.82) is 0 Å². The number of carbonyl (C=O) groups is 1. The summed E-state index contributed by atoms with van der Waals surface area (Å²) in [6.07, 6.45) is -2.90. The number of hydrogen-bond acceptors (Lipinski definition) is 4. The van der Waals surface area contributed by atoms with Crippen molar-refractivity contribution in [1.82, 2.24) is 19.5 Å². The molecule has 1 fully saturated rings. The highest BCUT2D eigenvalue weighted by Gasteiger charge is 2.35. The lowest BCUT2D eigenvalue weighted by molar-refractivity contribution is -0.142. The molecule has 0 bridgehead atoms. The lowest BCUT2D eigenvalue weighted by Crippen LogP contribution is -2.38. The molecule has 0 aliphatic carbocycles. The van der Waals surface area contributed by atoms with Crippen molar-refractivity contribution in [3.63, 3.8) is 0 Å². The van der Waals surface area contributed by atoms with Crippen LogP contribution in [0.5, 0.6) is 5.75 Å². The number of methoxy groups -OCH3 is 1. The number of nitrogens with zero attached hydrogens (tertiary/aromatic N) is 4. The van der Waals surface area contributed by atoms with E-state index in [1.807, 2.05) is 24.3 Å². The normalized spacial score (nSPS) is 15.5. The van der Waals surface area contributed by atoms with Gasteiger partial charge in [-0.15, -0.1) is 0 Å². The van der Waals surface area contributed by atoms with Crippen LogP contribution in [0.3, 0.4) is 0 Å². The molecule has 1 aromatic carbocycles. The molecule has 0 unspecified atom stereocenters. The molecule has 9 heteroatoms. The van der Waals surface area contributed by atoms with Gasteiger partial charge >= 0.3 is 6.18 Å². The number of alkyl halides is 3. The quantitative estimate of drug-likeness (QED) is 0.625. The average Bonchev–Trinajstić information content (AvgIpc) is 3.17. The standard InChI is InChI=1S/C22H23F3N4O2/c1-14-11-19(22(23,24)25)29-20(26-14)13-18(27-29)16-7-9-28(10-8-16)21(30)12-15-3-5-17(31-2)6-4-15/h3-6,11,13,16H,7-10,12H2,1-2H3. The number of aryl methyl sites for hydroxylation is 1. The molecule has 164 valence electrons. The summed E-state index contributed by atoms with van der Waals surface area (Å²) in [5.74, 6) is 0.770. The molecule has 1 amide bonds. The van der Waals surface area contributed by atoms with Crippen molar-refractivity contribution >= 4 is 11.6 Å². The van der Waals surface area contributed by atoms with Crippen LogP contribution < -0.4 is 4.74 Å². The van der Waals surface area contributed by atoms with E-state index in [-0.39, 0.29) is 17.5 Å². The Morgan fingerprint density at radius 2 is 1.84 bits per heavy atom. The first-order chi connectivity index (χ1) is 14.7. The summed E-state index contributed by atoms with van der Waals surface area (Å²) in [6.45, 7) is 2.63. The Kier molecular flexibility index (Phi) is 5.60. The van der Waals surface area contributed by atoms with Gasteiger partial charge in [-0.2, -0.15) is 18.3 Å². The number of aromatic nitrogens is 3. The summed E-state index contributed by atoms with van der Waals surface area (Å²) in [6, 6.07) is 10.0. The van der Waals surface area contributed by atoms with Crippen LogP contribution in [0, 0.1) is 6.92 Å². The van der Waals surface area contributed by atoms with Crippen LogP contribution in [0.25, 0.3) is 5.65 Å². The van der Waals surface area contributed by atoms with Gasteiger partial charge in [0.1, 0.15) is 11.4 Å². The minimum Gasteiger partial charge on any atom is -0.497 e. The van der Waals surface area contributed by atoms with Gasteiger partial charge < -0.3 is 9.64 Å². The van der Waals surface area contributed by atoms with Gasteiger partial charge in [0.2, 0.25) is 5.91 Å². The number of halogens is 3. The maximum absolute atomic E-state index is 13.4. The average molecular weight is 432 g/mol. The Morgan fingerprint density at radius 1 is 1.16 bits per heavy atom. The molecule has 6 nitrogen and oxygen atoms in total. The van der Waals surface area contributed by atoms with E-state index in [0.717, 1.165) is 21.9 Å². The maximum atomic E-state index is 13.4. The van der Waals surface area contributed by atoms with E-state index < -0.39 is 11.9 Å². The summed E-state index contributed by atoms with van der Waals surface area (Å²) < 4.78 is 46.1. The lowest BCUT2D eigenvalue weighted by atomic mass is 9.93. The zero-order chi connectivity index (χ0) is 22.2. The molecule has 0 spiro atoms. The van der Waals surface area contributed by atoms with Gasteiger partial charge in [-0.3, -0.25) is 4.79 Å². The Morgan fingerprint density at radius 3 is 2.45 bits per heavy atom. The van der Waals surface area contributed by atoms with Gasteiger partial charge in [0.25, 0.3) is 0 Å². The molecule has 1 aliphatic rings. The SMILES string of the molecule is COc1ccc(CC(=O)N2CCC(c3cc4nc(C)cc(C(F)(F)F)n4n3)CC2)cc1. The highest BCUT2D eigenvalue weighted by Crippen LogP contribution is 2.32. The van der Waals surface area contributed by atoms with Crippen LogP contribution in [0.2, 0.25) is 0 Å². The van der Waals surface area contributed by atoms with E-state index in [0.29, 0.717) is 43.7 Å². The van der Waals surface area contributed by atoms with E-state index in [1.165, 1.54) is 6.92 Å². The fourth-order valence-corrected chi connectivity index (χ4v) is 3.97. The topological polar surface area (TPSA) is 59.7 Å². The number of piperidine rings is 1. The fraction of sp³-hybridized carbons (Fsp3) is 0.409. The number of likely N-dealkylation sites (tertiary alicyclic amines) is 1. The predicted octanol–water partition coefficient (Wildman–Crippen LogP) is 4.01. The third kappa shape index (κ3) is 4.50. The molecular weight excluding hydrogens is 409 g/mol. The minimum atomic E-state index is -4.51. The van der Waals surface area contributed by atoms with Gasteiger partial charge in [0, 0.05) is 30.8 Å². The molecule has 1 saturated heterocycles. The summed E-state index contributed by atoms with van der Waals surface area (Å²) in [5, 5.41) is 4.22. The number of ether oxygens (including phenoxy) is 1. The van der Waals surface area contributed by atoms with Crippen LogP contribution in [0.1, 0.15) is 41.4 Å². The van der Waals surface area contributed by atoms with Crippen molar-refractivity contribution < 1.29 is 22.7 Å². The second-order valence-corrected chi connectivity index (χ2v) is 7.80. The number of hydrogen-bond donors (Lipinski definition) is 0. The van der Waals surface area contributed by atoms with E-state index in [9.17, 15) is 18.0 Å². The highest BCUT2D eigenvalue weighted by atomic mass is 19.4. The predicted molar refractivity (Wildman–Crippen MR) is 108 cm³/mol. The van der Waals surface area contributed by atoms with Crippen molar-refractivity contribution in [2.75, 3.05) is 20.2 Å². The summed E-state index contributed by atoms with van der Waals surface area (Å²) >= 11 is 0. The summed E-state index contributed by atoms with van der Waals surface area (Å²) in [4.78, 5) is 18.6. The van der Waals surface area contributed by atoms with Gasteiger partial charge in [0.05, 0.1) is 19.2 Å². The van der Waals surface area contributed by atoms with Gasteiger partial charge in [-0.1, -0.05) is 12.1 Å². The zero-order valence-corrected chi connectivity index (χ0v) is 17.3. The van der Waals surface area contributed by atoms with Crippen LogP contribution in [0.4, 0.5) is 13.2 Å². The van der Waals surface area contributed by atoms with Gasteiger partial charge in [-0.25, -0.2) is 9.50 Å². The van der Waals surface area contributed by atoms with Crippen molar-refractivity contribution in [3.8, 4) is 5.75 Å². The summed E-state index contributed by atoms with van der Waals surface area (Å²) in [7, 11) is 1.59. The van der Waals surface area contributed by atoms with E-state index >= 15 is 0 Å². The minimum absolute atomic E-state index is 0.00636. The summed E-state index contributed by atoms with van der Waals surface area (Å²) in [5.41, 5.74) is 1.17. The molecule has 0 radical (unpaired) electrons. The number of fused-ring (bicyclic) bond motifs is 1. The van der Waals surface area contributed by atoms with Crippen LogP contribution in [-0.4, -0.2) is 45.6 Å². The first kappa shape index (κ1) is 21.1. The molecule has 4 rings (SSSR count). The number of benzene rings is 1. The van der Waals surface area contributed by atoms with Gasteiger partial charge in [-0.05, 0) is 43.5 Å². The molecule has 0 saturated carbocycles. The Labute approximate surface area is 177 Å². The Hall–Kier alpha value is -3.10. The first-order valence-electron chi connectivity index (χ1n) is 10.1. The number of carbonyl (C=O) groups excluding carboxylic acids is 1. The van der Waals surface area contributed by atoms with E-state index in [2.05, 4.69) is 10.1 Å². The zero-order valence-electron chi connectivity index (χ0n) is 17.3. The molecule has 31 heavy (non-hydrogen) atoms. The van der Waals surface area contributed by atoms with Crippen molar-refractivity contribution in [3.05, 3.63) is 59.0 Å². The van der Waals surface area contributed by atoms with E-state index in [1.54, 1.807) is 18.1 Å². The Balaban J connectivity index is 1.43.